The Balaban J connectivity index is 2.17. The van der Waals surface area contributed by atoms with E-state index in [2.05, 4.69) is 0 Å². The molecule has 0 spiro atoms. The molecule has 1 atom stereocenters. The summed E-state index contributed by atoms with van der Waals surface area (Å²) in [5, 5.41) is 12.1. The van der Waals surface area contributed by atoms with Gasteiger partial charge in [0.15, 0.2) is 0 Å². The van der Waals surface area contributed by atoms with Gasteiger partial charge in [-0.25, -0.2) is 0 Å². The quantitative estimate of drug-likeness (QED) is 0.841. The van der Waals surface area contributed by atoms with Crippen LogP contribution in [0.2, 0.25) is 0 Å². The fourth-order valence-electron chi connectivity index (χ4n) is 1.91. The van der Waals surface area contributed by atoms with E-state index in [1.165, 1.54) is 0 Å². The Morgan fingerprint density at radius 1 is 1.22 bits per heavy atom. The predicted molar refractivity (Wildman–Crippen MR) is 70.2 cm³/mol. The molecule has 2 aromatic rings. The van der Waals surface area contributed by atoms with Gasteiger partial charge in [0.25, 0.3) is 0 Å². The molecule has 18 heavy (non-hydrogen) atoms. The predicted octanol–water partition coefficient (Wildman–Crippen LogP) is 2.83. The fourth-order valence-corrected chi connectivity index (χ4v) is 1.91. The molecule has 0 fully saturated rings. The number of fused-ring (bicyclic) bond motifs is 1. The molecule has 3 heteroatoms. The van der Waals surface area contributed by atoms with Gasteiger partial charge in [-0.3, -0.25) is 4.79 Å². The topological polar surface area (TPSA) is 46.5 Å². The van der Waals surface area contributed by atoms with Crippen molar-refractivity contribution >= 4 is 16.7 Å². The molecule has 3 nitrogen and oxygen atoms in total. The van der Waals surface area contributed by atoms with Crippen molar-refractivity contribution < 1.29 is 14.6 Å². The summed E-state index contributed by atoms with van der Waals surface area (Å²) < 4.78 is 4.82. The summed E-state index contributed by atoms with van der Waals surface area (Å²) in [7, 11) is 0. The Labute approximate surface area is 106 Å². The van der Waals surface area contributed by atoms with Crippen LogP contribution in [0.3, 0.4) is 0 Å². The van der Waals surface area contributed by atoms with Gasteiger partial charge in [-0.1, -0.05) is 36.4 Å². The lowest BCUT2D eigenvalue weighted by Crippen LogP contribution is -2.09. The molecule has 2 rings (SSSR count). The van der Waals surface area contributed by atoms with E-state index in [9.17, 15) is 9.90 Å². The van der Waals surface area contributed by atoms with Gasteiger partial charge in [0, 0.05) is 0 Å². The first kappa shape index (κ1) is 12.6. The second kappa shape index (κ2) is 5.65. The number of benzene rings is 2. The normalized spacial score (nSPS) is 12.3. The molecule has 0 radical (unpaired) electrons. The number of esters is 1. The standard InChI is InChI=1S/C15H16O3/c1-2-18-15(17)10-14(16)13-8-7-11-5-3-4-6-12(11)9-13/h3-9,14,16H,2,10H2,1H3/t14-/m1/s1. The van der Waals surface area contributed by atoms with Crippen LogP contribution in [-0.4, -0.2) is 17.7 Å². The van der Waals surface area contributed by atoms with Crippen LogP contribution in [0.4, 0.5) is 0 Å². The Kier molecular flexibility index (Phi) is 3.95. The van der Waals surface area contributed by atoms with Crippen molar-refractivity contribution in [1.29, 1.82) is 0 Å². The lowest BCUT2D eigenvalue weighted by atomic mass is 10.0. The van der Waals surface area contributed by atoms with Gasteiger partial charge in [-0.2, -0.15) is 0 Å². The second-order valence-electron chi connectivity index (χ2n) is 4.13. The number of carbonyl (C=O) groups is 1. The summed E-state index contributed by atoms with van der Waals surface area (Å²) >= 11 is 0. The number of aliphatic hydroxyl groups is 1. The molecule has 0 saturated heterocycles. The lowest BCUT2D eigenvalue weighted by molar-refractivity contribution is -0.145. The van der Waals surface area contributed by atoms with Gasteiger partial charge in [0.05, 0.1) is 19.1 Å². The lowest BCUT2D eigenvalue weighted by Gasteiger charge is -2.11. The number of hydrogen-bond acceptors (Lipinski definition) is 3. The number of aliphatic hydroxyl groups excluding tert-OH is 1. The highest BCUT2D eigenvalue weighted by atomic mass is 16.5. The van der Waals surface area contributed by atoms with Crippen LogP contribution in [0.1, 0.15) is 25.0 Å². The molecule has 0 unspecified atom stereocenters. The molecular weight excluding hydrogens is 228 g/mol. The first-order chi connectivity index (χ1) is 8.70. The minimum atomic E-state index is -0.811. The maximum Gasteiger partial charge on any atom is 0.308 e. The summed E-state index contributed by atoms with van der Waals surface area (Å²) in [5.74, 6) is -0.377. The third-order valence-electron chi connectivity index (χ3n) is 2.82. The summed E-state index contributed by atoms with van der Waals surface area (Å²) in [6, 6.07) is 13.6. The monoisotopic (exact) mass is 244 g/mol. The molecule has 0 heterocycles. The van der Waals surface area contributed by atoms with E-state index in [0.29, 0.717) is 6.61 Å². The van der Waals surface area contributed by atoms with Gasteiger partial charge >= 0.3 is 5.97 Å². The van der Waals surface area contributed by atoms with Gasteiger partial charge in [-0.15, -0.1) is 0 Å². The summed E-state index contributed by atoms with van der Waals surface area (Å²) in [6.45, 7) is 2.09. The highest BCUT2D eigenvalue weighted by molar-refractivity contribution is 5.83. The molecule has 2 aromatic carbocycles. The first-order valence-corrected chi connectivity index (χ1v) is 6.03. The summed E-state index contributed by atoms with van der Waals surface area (Å²) in [5.41, 5.74) is 0.738. The Hall–Kier alpha value is -1.87. The smallest absolute Gasteiger partial charge is 0.308 e. The second-order valence-corrected chi connectivity index (χ2v) is 4.13. The minimum absolute atomic E-state index is 0.00776. The van der Waals surface area contributed by atoms with Crippen LogP contribution in [0.15, 0.2) is 42.5 Å². The first-order valence-electron chi connectivity index (χ1n) is 6.03. The van der Waals surface area contributed by atoms with E-state index < -0.39 is 6.10 Å². The van der Waals surface area contributed by atoms with Crippen LogP contribution in [0, 0.1) is 0 Å². The fraction of sp³-hybridized carbons (Fsp3) is 0.267. The number of rotatable bonds is 4. The zero-order chi connectivity index (χ0) is 13.0. The third-order valence-corrected chi connectivity index (χ3v) is 2.82. The molecule has 0 saturated carbocycles. The maximum atomic E-state index is 11.3. The molecule has 0 aliphatic rings. The molecule has 0 aliphatic heterocycles. The van der Waals surface area contributed by atoms with Crippen LogP contribution >= 0.6 is 0 Å². The molecule has 0 aromatic heterocycles. The summed E-state index contributed by atoms with van der Waals surface area (Å²) in [6.07, 6.45) is -0.819. The van der Waals surface area contributed by atoms with Crippen molar-refractivity contribution in [3.8, 4) is 0 Å². The molecule has 1 N–H and O–H groups in total. The van der Waals surface area contributed by atoms with Crippen molar-refractivity contribution in [2.45, 2.75) is 19.4 Å². The SMILES string of the molecule is CCOC(=O)C[C@@H](O)c1ccc2ccccc2c1. The van der Waals surface area contributed by atoms with E-state index in [1.54, 1.807) is 6.92 Å². The zero-order valence-corrected chi connectivity index (χ0v) is 10.3. The highest BCUT2D eigenvalue weighted by Gasteiger charge is 2.13. The molecule has 0 bridgehead atoms. The van der Waals surface area contributed by atoms with E-state index in [0.717, 1.165) is 16.3 Å². The average molecular weight is 244 g/mol. The van der Waals surface area contributed by atoms with E-state index in [-0.39, 0.29) is 12.4 Å². The molecule has 0 aliphatic carbocycles. The Morgan fingerprint density at radius 2 is 1.94 bits per heavy atom. The highest BCUT2D eigenvalue weighted by Crippen LogP contribution is 2.22. The summed E-state index contributed by atoms with van der Waals surface area (Å²) in [4.78, 5) is 11.3. The molecular formula is C15H16O3. The minimum Gasteiger partial charge on any atom is -0.466 e. The number of carbonyl (C=O) groups excluding carboxylic acids is 1. The number of ether oxygens (including phenoxy) is 1. The Morgan fingerprint density at radius 3 is 2.67 bits per heavy atom. The zero-order valence-electron chi connectivity index (χ0n) is 10.3. The van der Waals surface area contributed by atoms with Crippen molar-refractivity contribution in [1.82, 2.24) is 0 Å². The molecule has 0 amide bonds. The Bertz CT molecular complexity index is 548. The van der Waals surface area contributed by atoms with E-state index >= 15 is 0 Å². The molecule has 94 valence electrons. The van der Waals surface area contributed by atoms with Crippen molar-refractivity contribution in [3.63, 3.8) is 0 Å². The van der Waals surface area contributed by atoms with Crippen LogP contribution < -0.4 is 0 Å². The van der Waals surface area contributed by atoms with Gasteiger partial charge in [0.2, 0.25) is 0 Å². The largest absolute Gasteiger partial charge is 0.466 e. The van der Waals surface area contributed by atoms with Crippen LogP contribution in [0.25, 0.3) is 10.8 Å². The third kappa shape index (κ3) is 2.87. The maximum absolute atomic E-state index is 11.3. The van der Waals surface area contributed by atoms with Gasteiger partial charge in [-0.05, 0) is 29.3 Å². The average Bonchev–Trinajstić information content (AvgIpc) is 2.38. The van der Waals surface area contributed by atoms with Crippen molar-refractivity contribution in [2.75, 3.05) is 6.61 Å². The van der Waals surface area contributed by atoms with E-state index in [4.69, 9.17) is 4.74 Å². The van der Waals surface area contributed by atoms with Gasteiger partial charge in [0.1, 0.15) is 0 Å². The number of hydrogen-bond donors (Lipinski definition) is 1. The van der Waals surface area contributed by atoms with Crippen molar-refractivity contribution in [3.05, 3.63) is 48.0 Å². The van der Waals surface area contributed by atoms with Crippen LogP contribution in [0.5, 0.6) is 0 Å². The van der Waals surface area contributed by atoms with E-state index in [1.807, 2.05) is 42.5 Å². The van der Waals surface area contributed by atoms with Crippen LogP contribution in [-0.2, 0) is 9.53 Å². The van der Waals surface area contributed by atoms with Crippen molar-refractivity contribution in [2.24, 2.45) is 0 Å². The van der Waals surface area contributed by atoms with Gasteiger partial charge < -0.3 is 9.84 Å².